The SMILES string of the molecule is CCC(C)(CNC(C)C)CN1CC(C)CC(C)C1C. The van der Waals surface area contributed by atoms with E-state index in [0.717, 1.165) is 24.4 Å². The van der Waals surface area contributed by atoms with E-state index in [1.54, 1.807) is 0 Å². The monoisotopic (exact) mass is 268 g/mol. The molecule has 0 bridgehead atoms. The van der Waals surface area contributed by atoms with Gasteiger partial charge in [-0.15, -0.1) is 0 Å². The van der Waals surface area contributed by atoms with Crippen molar-refractivity contribution in [2.75, 3.05) is 19.6 Å². The molecule has 114 valence electrons. The van der Waals surface area contributed by atoms with Crippen LogP contribution in [0.15, 0.2) is 0 Å². The quantitative estimate of drug-likeness (QED) is 0.789. The van der Waals surface area contributed by atoms with Crippen LogP contribution in [0.5, 0.6) is 0 Å². The molecule has 4 unspecified atom stereocenters. The molecule has 0 radical (unpaired) electrons. The zero-order valence-corrected chi connectivity index (χ0v) is 14.3. The second kappa shape index (κ2) is 7.08. The van der Waals surface area contributed by atoms with Crippen molar-refractivity contribution in [3.63, 3.8) is 0 Å². The van der Waals surface area contributed by atoms with E-state index in [0.29, 0.717) is 11.5 Å². The molecule has 1 fully saturated rings. The van der Waals surface area contributed by atoms with Gasteiger partial charge < -0.3 is 5.32 Å². The molecule has 1 heterocycles. The van der Waals surface area contributed by atoms with E-state index in [-0.39, 0.29) is 0 Å². The molecule has 2 nitrogen and oxygen atoms in total. The van der Waals surface area contributed by atoms with Crippen LogP contribution in [0.1, 0.15) is 61.3 Å². The maximum Gasteiger partial charge on any atom is 0.00930 e. The highest BCUT2D eigenvalue weighted by Crippen LogP contribution is 2.31. The molecular formula is C17H36N2. The second-order valence-electron chi connectivity index (χ2n) is 7.69. The van der Waals surface area contributed by atoms with E-state index in [4.69, 9.17) is 0 Å². The Balaban J connectivity index is 2.62. The topological polar surface area (TPSA) is 15.3 Å². The number of hydrogen-bond acceptors (Lipinski definition) is 2. The third-order valence-electron chi connectivity index (χ3n) is 5.10. The number of nitrogens with zero attached hydrogens (tertiary/aromatic N) is 1. The lowest BCUT2D eigenvalue weighted by Gasteiger charge is -2.45. The molecule has 0 spiro atoms. The summed E-state index contributed by atoms with van der Waals surface area (Å²) >= 11 is 0. The van der Waals surface area contributed by atoms with Gasteiger partial charge >= 0.3 is 0 Å². The minimum absolute atomic E-state index is 0.398. The number of nitrogens with one attached hydrogen (secondary N) is 1. The zero-order valence-electron chi connectivity index (χ0n) is 14.3. The van der Waals surface area contributed by atoms with Crippen molar-refractivity contribution in [3.8, 4) is 0 Å². The highest BCUT2D eigenvalue weighted by Gasteiger charge is 2.33. The normalized spacial score (nSPS) is 32.5. The fourth-order valence-corrected chi connectivity index (χ4v) is 3.27. The fraction of sp³-hybridized carbons (Fsp3) is 1.00. The molecule has 1 N–H and O–H groups in total. The van der Waals surface area contributed by atoms with Crippen LogP contribution in [0.3, 0.4) is 0 Å². The van der Waals surface area contributed by atoms with Crippen LogP contribution in [0.25, 0.3) is 0 Å². The molecule has 0 amide bonds. The van der Waals surface area contributed by atoms with Gasteiger partial charge in [-0.3, -0.25) is 4.90 Å². The van der Waals surface area contributed by atoms with Gasteiger partial charge in [0.05, 0.1) is 0 Å². The lowest BCUT2D eigenvalue weighted by molar-refractivity contribution is 0.0390. The first-order valence-electron chi connectivity index (χ1n) is 8.25. The Morgan fingerprint density at radius 1 is 1.26 bits per heavy atom. The summed E-state index contributed by atoms with van der Waals surface area (Å²) in [6.45, 7) is 20.2. The Bertz CT molecular complexity index is 264. The van der Waals surface area contributed by atoms with Crippen LogP contribution < -0.4 is 5.32 Å². The lowest BCUT2D eigenvalue weighted by Crippen LogP contribution is -2.52. The van der Waals surface area contributed by atoms with Crippen molar-refractivity contribution in [1.82, 2.24) is 10.2 Å². The van der Waals surface area contributed by atoms with E-state index < -0.39 is 0 Å². The van der Waals surface area contributed by atoms with Crippen LogP contribution in [0, 0.1) is 17.3 Å². The molecule has 0 aromatic heterocycles. The number of rotatable bonds is 6. The van der Waals surface area contributed by atoms with Crippen molar-refractivity contribution in [2.24, 2.45) is 17.3 Å². The van der Waals surface area contributed by atoms with Crippen LogP contribution in [0.4, 0.5) is 0 Å². The van der Waals surface area contributed by atoms with Gasteiger partial charge in [-0.1, -0.05) is 41.5 Å². The maximum absolute atomic E-state index is 3.64. The molecular weight excluding hydrogens is 232 g/mol. The van der Waals surface area contributed by atoms with Gasteiger partial charge in [0.2, 0.25) is 0 Å². The third kappa shape index (κ3) is 5.07. The van der Waals surface area contributed by atoms with E-state index in [2.05, 4.69) is 58.7 Å². The van der Waals surface area contributed by atoms with E-state index >= 15 is 0 Å². The predicted molar refractivity (Wildman–Crippen MR) is 85.5 cm³/mol. The minimum atomic E-state index is 0.398. The molecule has 0 aliphatic carbocycles. The highest BCUT2D eigenvalue weighted by molar-refractivity contribution is 4.87. The largest absolute Gasteiger partial charge is 0.314 e. The van der Waals surface area contributed by atoms with Crippen molar-refractivity contribution in [1.29, 1.82) is 0 Å². The number of hydrogen-bond donors (Lipinski definition) is 1. The molecule has 4 atom stereocenters. The Labute approximate surface area is 121 Å². The first kappa shape index (κ1) is 17.0. The van der Waals surface area contributed by atoms with Crippen LogP contribution in [-0.2, 0) is 0 Å². The summed E-state index contributed by atoms with van der Waals surface area (Å²) in [4.78, 5) is 2.74. The summed E-state index contributed by atoms with van der Waals surface area (Å²) in [5, 5.41) is 3.64. The Morgan fingerprint density at radius 2 is 1.89 bits per heavy atom. The molecule has 0 saturated carbocycles. The third-order valence-corrected chi connectivity index (χ3v) is 5.10. The minimum Gasteiger partial charge on any atom is -0.314 e. The molecule has 0 aromatic carbocycles. The van der Waals surface area contributed by atoms with Gasteiger partial charge in [0, 0.05) is 31.7 Å². The van der Waals surface area contributed by atoms with E-state index in [1.807, 2.05) is 0 Å². The highest BCUT2D eigenvalue weighted by atomic mass is 15.2. The van der Waals surface area contributed by atoms with Crippen molar-refractivity contribution in [2.45, 2.75) is 73.4 Å². The summed E-state index contributed by atoms with van der Waals surface area (Å²) < 4.78 is 0. The van der Waals surface area contributed by atoms with Crippen LogP contribution >= 0.6 is 0 Å². The van der Waals surface area contributed by atoms with Gasteiger partial charge in [0.25, 0.3) is 0 Å². The van der Waals surface area contributed by atoms with Gasteiger partial charge in [-0.05, 0) is 37.0 Å². The van der Waals surface area contributed by atoms with Gasteiger partial charge in [-0.2, -0.15) is 0 Å². The molecule has 2 heteroatoms. The van der Waals surface area contributed by atoms with E-state index in [9.17, 15) is 0 Å². The summed E-state index contributed by atoms with van der Waals surface area (Å²) in [5.74, 6) is 1.69. The first-order valence-corrected chi connectivity index (χ1v) is 8.25. The predicted octanol–water partition coefficient (Wildman–Crippen LogP) is 3.77. The average molecular weight is 268 g/mol. The molecule has 1 saturated heterocycles. The molecule has 1 aliphatic rings. The van der Waals surface area contributed by atoms with Crippen molar-refractivity contribution >= 4 is 0 Å². The first-order chi connectivity index (χ1) is 8.77. The van der Waals surface area contributed by atoms with Crippen molar-refractivity contribution in [3.05, 3.63) is 0 Å². The molecule has 19 heavy (non-hydrogen) atoms. The molecule has 1 aliphatic heterocycles. The summed E-state index contributed by atoms with van der Waals surface area (Å²) in [5.41, 5.74) is 0.398. The Kier molecular flexibility index (Phi) is 6.32. The van der Waals surface area contributed by atoms with Gasteiger partial charge in [0.1, 0.15) is 0 Å². The second-order valence-corrected chi connectivity index (χ2v) is 7.69. The van der Waals surface area contributed by atoms with Crippen molar-refractivity contribution < 1.29 is 0 Å². The Hall–Kier alpha value is -0.0800. The smallest absolute Gasteiger partial charge is 0.00930 e. The van der Waals surface area contributed by atoms with Crippen LogP contribution in [-0.4, -0.2) is 36.6 Å². The van der Waals surface area contributed by atoms with Gasteiger partial charge in [0.15, 0.2) is 0 Å². The van der Waals surface area contributed by atoms with E-state index in [1.165, 1.54) is 25.9 Å². The molecule has 1 rings (SSSR count). The number of piperidine rings is 1. The van der Waals surface area contributed by atoms with Gasteiger partial charge in [-0.25, -0.2) is 0 Å². The van der Waals surface area contributed by atoms with Crippen LogP contribution in [0.2, 0.25) is 0 Å². The lowest BCUT2D eigenvalue weighted by atomic mass is 9.81. The summed E-state index contributed by atoms with van der Waals surface area (Å²) in [7, 11) is 0. The Morgan fingerprint density at radius 3 is 2.42 bits per heavy atom. The maximum atomic E-state index is 3.64. The fourth-order valence-electron chi connectivity index (χ4n) is 3.27. The summed E-state index contributed by atoms with van der Waals surface area (Å²) in [6, 6.07) is 1.32. The standard InChI is InChI=1S/C17H36N2/c1-8-17(7,11-18-13(2)3)12-19-10-14(4)9-15(5)16(19)6/h13-16,18H,8-12H2,1-7H3. The number of likely N-dealkylation sites (tertiary alicyclic amines) is 1. The molecule has 0 aromatic rings. The summed E-state index contributed by atoms with van der Waals surface area (Å²) in [6.07, 6.45) is 2.64. The average Bonchev–Trinajstić information content (AvgIpc) is 2.33. The zero-order chi connectivity index (χ0) is 14.6.